The normalized spacial score (nSPS) is 12.2. The lowest BCUT2D eigenvalue weighted by Gasteiger charge is -2.21. The van der Waals surface area contributed by atoms with Gasteiger partial charge in [-0.1, -0.05) is 0 Å². The molecule has 1 atom stereocenters. The zero-order valence-corrected chi connectivity index (χ0v) is 7.51. The Morgan fingerprint density at radius 2 is 2.38 bits per heavy atom. The zero-order valence-electron chi connectivity index (χ0n) is 7.51. The molecule has 1 unspecified atom stereocenters. The van der Waals surface area contributed by atoms with Crippen LogP contribution in [-0.2, 0) is 4.79 Å². The number of hydrogen-bond donors (Lipinski definition) is 1. The van der Waals surface area contributed by atoms with Crippen molar-refractivity contribution < 1.29 is 9.90 Å². The maximum atomic E-state index is 10.6. The van der Waals surface area contributed by atoms with Crippen molar-refractivity contribution in [2.75, 3.05) is 11.9 Å². The van der Waals surface area contributed by atoms with Gasteiger partial charge in [0.25, 0.3) is 0 Å². The molecule has 0 aliphatic carbocycles. The van der Waals surface area contributed by atoms with E-state index in [9.17, 15) is 4.79 Å². The summed E-state index contributed by atoms with van der Waals surface area (Å²) in [4.78, 5) is 12.2. The average Bonchev–Trinajstić information content (AvgIpc) is 2.17. The molecule has 1 N–H and O–H groups in total. The second-order valence-corrected chi connectivity index (χ2v) is 2.71. The number of aromatic nitrogens is 2. The first-order valence-corrected chi connectivity index (χ1v) is 3.86. The first-order chi connectivity index (χ1) is 6.13. The minimum Gasteiger partial charge on any atom is -0.480 e. The first-order valence-electron chi connectivity index (χ1n) is 3.86. The van der Waals surface area contributed by atoms with E-state index in [0.717, 1.165) is 0 Å². The van der Waals surface area contributed by atoms with E-state index in [1.807, 2.05) is 0 Å². The average molecular weight is 181 g/mol. The molecule has 1 aromatic rings. The molecule has 0 aliphatic heterocycles. The molecule has 0 aliphatic rings. The van der Waals surface area contributed by atoms with Crippen molar-refractivity contribution >= 4 is 11.8 Å². The molecule has 0 amide bonds. The van der Waals surface area contributed by atoms with Gasteiger partial charge in [0.2, 0.25) is 0 Å². The molecule has 70 valence electrons. The van der Waals surface area contributed by atoms with Crippen molar-refractivity contribution in [3.63, 3.8) is 0 Å². The Morgan fingerprint density at radius 3 is 2.85 bits per heavy atom. The van der Waals surface area contributed by atoms with Gasteiger partial charge >= 0.3 is 5.97 Å². The van der Waals surface area contributed by atoms with Gasteiger partial charge in [-0.15, -0.1) is 5.10 Å². The number of carboxylic acids is 1. The Kier molecular flexibility index (Phi) is 2.79. The number of aliphatic carboxylic acids is 1. The van der Waals surface area contributed by atoms with Gasteiger partial charge < -0.3 is 10.0 Å². The van der Waals surface area contributed by atoms with Crippen molar-refractivity contribution in [1.82, 2.24) is 10.2 Å². The van der Waals surface area contributed by atoms with Crippen LogP contribution in [0.3, 0.4) is 0 Å². The number of carbonyl (C=O) groups is 1. The molecule has 13 heavy (non-hydrogen) atoms. The van der Waals surface area contributed by atoms with E-state index >= 15 is 0 Å². The molecule has 1 heterocycles. The molecular formula is C8H11N3O2. The quantitative estimate of drug-likeness (QED) is 0.730. The SMILES string of the molecule is CC(C(=O)O)N(C)c1cccnn1. The lowest BCUT2D eigenvalue weighted by atomic mass is 10.3. The third-order valence-electron chi connectivity index (χ3n) is 1.86. The van der Waals surface area contributed by atoms with Crippen molar-refractivity contribution in [2.45, 2.75) is 13.0 Å². The highest BCUT2D eigenvalue weighted by Gasteiger charge is 2.17. The molecule has 0 aromatic carbocycles. The van der Waals surface area contributed by atoms with Crippen LogP contribution >= 0.6 is 0 Å². The van der Waals surface area contributed by atoms with E-state index in [2.05, 4.69) is 10.2 Å². The first kappa shape index (κ1) is 9.44. The molecule has 0 bridgehead atoms. The van der Waals surface area contributed by atoms with Crippen LogP contribution in [0.15, 0.2) is 18.3 Å². The van der Waals surface area contributed by atoms with Crippen LogP contribution < -0.4 is 4.90 Å². The predicted molar refractivity (Wildman–Crippen MR) is 47.5 cm³/mol. The highest BCUT2D eigenvalue weighted by molar-refractivity contribution is 5.76. The largest absolute Gasteiger partial charge is 0.480 e. The second kappa shape index (κ2) is 3.84. The van der Waals surface area contributed by atoms with Crippen molar-refractivity contribution in [3.05, 3.63) is 18.3 Å². The van der Waals surface area contributed by atoms with Crippen LogP contribution in [-0.4, -0.2) is 34.4 Å². The van der Waals surface area contributed by atoms with E-state index in [0.29, 0.717) is 5.82 Å². The Bertz CT molecular complexity index is 289. The molecule has 0 saturated carbocycles. The van der Waals surface area contributed by atoms with Crippen LogP contribution in [0.25, 0.3) is 0 Å². The van der Waals surface area contributed by atoms with Crippen LogP contribution in [0.4, 0.5) is 5.82 Å². The summed E-state index contributed by atoms with van der Waals surface area (Å²) in [7, 11) is 1.67. The maximum Gasteiger partial charge on any atom is 0.326 e. The molecule has 5 heteroatoms. The molecule has 0 spiro atoms. The van der Waals surface area contributed by atoms with E-state index in [1.54, 1.807) is 37.2 Å². The van der Waals surface area contributed by atoms with Crippen molar-refractivity contribution in [1.29, 1.82) is 0 Å². The number of hydrogen-bond acceptors (Lipinski definition) is 4. The highest BCUT2D eigenvalue weighted by Crippen LogP contribution is 2.08. The highest BCUT2D eigenvalue weighted by atomic mass is 16.4. The number of carboxylic acid groups (broad SMARTS) is 1. The summed E-state index contributed by atoms with van der Waals surface area (Å²) in [5, 5.41) is 16.2. The van der Waals surface area contributed by atoms with E-state index in [1.165, 1.54) is 0 Å². The molecular weight excluding hydrogens is 170 g/mol. The van der Waals surface area contributed by atoms with Gasteiger partial charge in [0.05, 0.1) is 0 Å². The van der Waals surface area contributed by atoms with Crippen LogP contribution in [0.1, 0.15) is 6.92 Å². The summed E-state index contributed by atoms with van der Waals surface area (Å²) in [6, 6.07) is 2.83. The van der Waals surface area contributed by atoms with Gasteiger partial charge in [0.1, 0.15) is 6.04 Å². The molecule has 1 rings (SSSR count). The van der Waals surface area contributed by atoms with Gasteiger partial charge in [0, 0.05) is 13.2 Å². The monoisotopic (exact) mass is 181 g/mol. The lowest BCUT2D eigenvalue weighted by molar-refractivity contribution is -0.138. The summed E-state index contributed by atoms with van der Waals surface area (Å²) in [5.41, 5.74) is 0. The fourth-order valence-corrected chi connectivity index (χ4v) is 0.846. The molecule has 5 nitrogen and oxygen atoms in total. The Labute approximate surface area is 76.0 Å². The molecule has 0 radical (unpaired) electrons. The lowest BCUT2D eigenvalue weighted by Crippen LogP contribution is -2.36. The summed E-state index contributed by atoms with van der Waals surface area (Å²) in [5.74, 6) is -0.328. The van der Waals surface area contributed by atoms with E-state index < -0.39 is 12.0 Å². The van der Waals surface area contributed by atoms with Crippen LogP contribution in [0.2, 0.25) is 0 Å². The smallest absolute Gasteiger partial charge is 0.326 e. The second-order valence-electron chi connectivity index (χ2n) is 2.71. The number of likely N-dealkylation sites (N-methyl/N-ethyl adjacent to an activating group) is 1. The van der Waals surface area contributed by atoms with Crippen LogP contribution in [0.5, 0.6) is 0 Å². The predicted octanol–water partition coefficient (Wildman–Crippen LogP) is 0.386. The summed E-state index contributed by atoms with van der Waals surface area (Å²) >= 11 is 0. The summed E-state index contributed by atoms with van der Waals surface area (Å²) < 4.78 is 0. The van der Waals surface area contributed by atoms with Crippen LogP contribution in [0, 0.1) is 0 Å². The van der Waals surface area contributed by atoms with Gasteiger partial charge in [-0.25, -0.2) is 4.79 Å². The van der Waals surface area contributed by atoms with E-state index in [-0.39, 0.29) is 0 Å². The summed E-state index contributed by atoms with van der Waals surface area (Å²) in [6.07, 6.45) is 1.54. The minimum atomic E-state index is -0.881. The van der Waals surface area contributed by atoms with Gasteiger partial charge in [-0.3, -0.25) is 0 Å². The van der Waals surface area contributed by atoms with Gasteiger partial charge in [-0.05, 0) is 19.1 Å². The number of rotatable bonds is 3. The number of nitrogens with zero attached hydrogens (tertiary/aromatic N) is 3. The van der Waals surface area contributed by atoms with E-state index in [4.69, 9.17) is 5.11 Å². The maximum absolute atomic E-state index is 10.6. The zero-order chi connectivity index (χ0) is 9.84. The van der Waals surface area contributed by atoms with Gasteiger partial charge in [0.15, 0.2) is 5.82 Å². The van der Waals surface area contributed by atoms with Gasteiger partial charge in [-0.2, -0.15) is 5.10 Å². The fourth-order valence-electron chi connectivity index (χ4n) is 0.846. The fraction of sp³-hybridized carbons (Fsp3) is 0.375. The topological polar surface area (TPSA) is 66.3 Å². The third-order valence-corrected chi connectivity index (χ3v) is 1.86. The number of anilines is 1. The minimum absolute atomic E-state index is 0.553. The Balaban J connectivity index is 2.79. The molecule has 1 aromatic heterocycles. The third kappa shape index (κ3) is 2.14. The molecule has 0 saturated heterocycles. The summed E-state index contributed by atoms with van der Waals surface area (Å²) in [6.45, 7) is 1.59. The van der Waals surface area contributed by atoms with Crippen molar-refractivity contribution in [3.8, 4) is 0 Å². The Morgan fingerprint density at radius 1 is 1.69 bits per heavy atom. The standard InChI is InChI=1S/C8H11N3O2/c1-6(8(12)13)11(2)7-4-3-5-9-10-7/h3-6H,1-2H3,(H,12,13). The Hall–Kier alpha value is -1.65. The van der Waals surface area contributed by atoms with Crippen molar-refractivity contribution in [2.24, 2.45) is 0 Å². The molecule has 0 fully saturated rings.